The maximum atomic E-state index is 10.7. The molecule has 0 spiro atoms. The van der Waals surface area contributed by atoms with E-state index in [4.69, 9.17) is 4.74 Å². The van der Waals surface area contributed by atoms with Gasteiger partial charge in [-0.25, -0.2) is 0 Å². The van der Waals surface area contributed by atoms with Gasteiger partial charge in [0.05, 0.1) is 11.5 Å². The monoisotopic (exact) mass is 354 g/mol. The third-order valence-electron chi connectivity index (χ3n) is 4.11. The lowest BCUT2D eigenvalue weighted by Crippen LogP contribution is -2.07. The SMILES string of the molecule is CCCCCCOc1ccc(/C=C/N(C)c2ccc([N+](=O)[O-])cc2)cc1. The van der Waals surface area contributed by atoms with E-state index in [0.717, 1.165) is 30.0 Å². The number of ether oxygens (including phenoxy) is 1. The van der Waals surface area contributed by atoms with Crippen molar-refractivity contribution < 1.29 is 9.66 Å². The molecule has 0 saturated heterocycles. The molecule has 0 aliphatic rings. The Labute approximate surface area is 155 Å². The Hall–Kier alpha value is -2.82. The molecule has 0 unspecified atom stereocenters. The van der Waals surface area contributed by atoms with E-state index < -0.39 is 4.92 Å². The Bertz CT molecular complexity index is 709. The van der Waals surface area contributed by atoms with Crippen molar-refractivity contribution in [1.29, 1.82) is 0 Å². The smallest absolute Gasteiger partial charge is 0.269 e. The summed E-state index contributed by atoms with van der Waals surface area (Å²) in [5.41, 5.74) is 2.05. The van der Waals surface area contributed by atoms with E-state index >= 15 is 0 Å². The predicted molar refractivity (Wildman–Crippen MR) is 107 cm³/mol. The predicted octanol–water partition coefficient (Wildman–Crippen LogP) is 5.66. The molecule has 2 aromatic carbocycles. The molecule has 0 saturated carbocycles. The molecule has 0 amide bonds. The molecular weight excluding hydrogens is 328 g/mol. The third kappa shape index (κ3) is 6.24. The zero-order valence-corrected chi connectivity index (χ0v) is 15.4. The van der Waals surface area contributed by atoms with Gasteiger partial charge in [-0.3, -0.25) is 10.1 Å². The average molecular weight is 354 g/mol. The number of nitrogens with zero attached hydrogens (tertiary/aromatic N) is 2. The maximum absolute atomic E-state index is 10.7. The van der Waals surface area contributed by atoms with Gasteiger partial charge in [-0.2, -0.15) is 0 Å². The average Bonchev–Trinajstić information content (AvgIpc) is 2.67. The van der Waals surface area contributed by atoms with Gasteiger partial charge in [0.1, 0.15) is 5.75 Å². The Morgan fingerprint density at radius 2 is 1.73 bits per heavy atom. The van der Waals surface area contributed by atoms with Crippen LogP contribution in [0.5, 0.6) is 5.75 Å². The van der Waals surface area contributed by atoms with Crippen LogP contribution in [-0.2, 0) is 0 Å². The molecule has 2 aromatic rings. The van der Waals surface area contributed by atoms with Gasteiger partial charge >= 0.3 is 0 Å². The van der Waals surface area contributed by atoms with Gasteiger partial charge in [0.2, 0.25) is 0 Å². The van der Waals surface area contributed by atoms with Crippen molar-refractivity contribution in [3.05, 3.63) is 70.4 Å². The van der Waals surface area contributed by atoms with Crippen LogP contribution in [0.25, 0.3) is 6.08 Å². The van der Waals surface area contributed by atoms with Crippen molar-refractivity contribution in [2.24, 2.45) is 0 Å². The van der Waals surface area contributed by atoms with Crippen LogP contribution >= 0.6 is 0 Å². The minimum atomic E-state index is -0.396. The van der Waals surface area contributed by atoms with Crippen molar-refractivity contribution in [3.8, 4) is 5.75 Å². The second kappa shape index (κ2) is 10.2. The van der Waals surface area contributed by atoms with E-state index in [9.17, 15) is 10.1 Å². The van der Waals surface area contributed by atoms with E-state index in [0.29, 0.717) is 0 Å². The van der Waals surface area contributed by atoms with Gasteiger partial charge in [-0.15, -0.1) is 0 Å². The van der Waals surface area contributed by atoms with Gasteiger partial charge < -0.3 is 9.64 Å². The molecule has 0 aliphatic carbocycles. The molecular formula is C21H26N2O3. The number of nitro groups is 1. The van der Waals surface area contributed by atoms with E-state index in [1.54, 1.807) is 12.1 Å². The summed E-state index contributed by atoms with van der Waals surface area (Å²) in [7, 11) is 1.91. The molecule has 26 heavy (non-hydrogen) atoms. The summed E-state index contributed by atoms with van der Waals surface area (Å²) in [4.78, 5) is 12.2. The third-order valence-corrected chi connectivity index (χ3v) is 4.11. The van der Waals surface area contributed by atoms with Crippen LogP contribution in [0.2, 0.25) is 0 Å². The Balaban J connectivity index is 1.86. The number of anilines is 1. The summed E-state index contributed by atoms with van der Waals surface area (Å²) >= 11 is 0. The molecule has 0 radical (unpaired) electrons. The summed E-state index contributed by atoms with van der Waals surface area (Å²) in [6.45, 7) is 2.96. The minimum Gasteiger partial charge on any atom is -0.494 e. The highest BCUT2D eigenvalue weighted by atomic mass is 16.6. The molecule has 0 fully saturated rings. The largest absolute Gasteiger partial charge is 0.494 e. The fourth-order valence-corrected chi connectivity index (χ4v) is 2.49. The lowest BCUT2D eigenvalue weighted by molar-refractivity contribution is -0.384. The summed E-state index contributed by atoms with van der Waals surface area (Å²) in [6.07, 6.45) is 8.72. The highest BCUT2D eigenvalue weighted by Gasteiger charge is 2.05. The normalized spacial score (nSPS) is 10.8. The zero-order valence-electron chi connectivity index (χ0n) is 15.4. The number of unbranched alkanes of at least 4 members (excludes halogenated alkanes) is 3. The van der Waals surface area contributed by atoms with Crippen molar-refractivity contribution in [3.63, 3.8) is 0 Å². The van der Waals surface area contributed by atoms with Crippen LogP contribution in [0.1, 0.15) is 38.2 Å². The maximum Gasteiger partial charge on any atom is 0.269 e. The minimum absolute atomic E-state index is 0.0939. The zero-order chi connectivity index (χ0) is 18.8. The molecule has 0 aromatic heterocycles. The molecule has 0 N–H and O–H groups in total. The first kappa shape index (κ1) is 19.5. The highest BCUT2D eigenvalue weighted by molar-refractivity contribution is 5.58. The van der Waals surface area contributed by atoms with Crippen LogP contribution < -0.4 is 9.64 Å². The van der Waals surface area contributed by atoms with Gasteiger partial charge in [-0.05, 0) is 42.3 Å². The van der Waals surface area contributed by atoms with Crippen molar-refractivity contribution in [2.45, 2.75) is 32.6 Å². The summed E-state index contributed by atoms with van der Waals surface area (Å²) < 4.78 is 5.74. The number of benzene rings is 2. The molecule has 0 heterocycles. The second-order valence-electron chi connectivity index (χ2n) is 6.18. The Morgan fingerprint density at radius 1 is 1.04 bits per heavy atom. The van der Waals surface area contributed by atoms with Crippen LogP contribution in [0.15, 0.2) is 54.7 Å². The molecule has 5 nitrogen and oxygen atoms in total. The van der Waals surface area contributed by atoms with Crippen LogP contribution in [0.4, 0.5) is 11.4 Å². The van der Waals surface area contributed by atoms with Crippen molar-refractivity contribution >= 4 is 17.5 Å². The molecule has 0 aliphatic heterocycles. The van der Waals surface area contributed by atoms with Gasteiger partial charge in [0.15, 0.2) is 0 Å². The first-order chi connectivity index (χ1) is 12.6. The Kier molecular flexibility index (Phi) is 7.68. The highest BCUT2D eigenvalue weighted by Crippen LogP contribution is 2.19. The fourth-order valence-electron chi connectivity index (χ4n) is 2.49. The molecule has 5 heteroatoms. The fraction of sp³-hybridized carbons (Fsp3) is 0.333. The van der Waals surface area contributed by atoms with Gasteiger partial charge in [0, 0.05) is 31.1 Å². The van der Waals surface area contributed by atoms with Crippen LogP contribution in [-0.4, -0.2) is 18.6 Å². The summed E-state index contributed by atoms with van der Waals surface area (Å²) in [6, 6.07) is 14.5. The number of hydrogen-bond donors (Lipinski definition) is 0. The molecule has 2 rings (SSSR count). The quantitative estimate of drug-likeness (QED) is 0.314. The van der Waals surface area contributed by atoms with Crippen LogP contribution in [0.3, 0.4) is 0 Å². The molecule has 0 bridgehead atoms. The first-order valence-electron chi connectivity index (χ1n) is 8.98. The van der Waals surface area contributed by atoms with E-state index in [1.807, 2.05) is 48.5 Å². The number of nitro benzene ring substituents is 1. The number of non-ortho nitro benzene ring substituents is 1. The number of rotatable bonds is 10. The van der Waals surface area contributed by atoms with Gasteiger partial charge in [0.25, 0.3) is 5.69 Å². The molecule has 138 valence electrons. The number of hydrogen-bond acceptors (Lipinski definition) is 4. The van der Waals surface area contributed by atoms with Crippen molar-refractivity contribution in [2.75, 3.05) is 18.6 Å². The van der Waals surface area contributed by atoms with E-state index in [-0.39, 0.29) is 5.69 Å². The standard InChI is InChI=1S/C21H26N2O3/c1-3-4-5-6-17-26-21-13-7-18(8-14-21)15-16-22(2)19-9-11-20(12-10-19)23(24)25/h7-16H,3-6,17H2,1-2H3/b16-15+. The Morgan fingerprint density at radius 3 is 2.35 bits per heavy atom. The summed E-state index contributed by atoms with van der Waals surface area (Å²) in [5.74, 6) is 0.891. The lowest BCUT2D eigenvalue weighted by Gasteiger charge is -2.13. The van der Waals surface area contributed by atoms with E-state index in [2.05, 4.69) is 6.92 Å². The lowest BCUT2D eigenvalue weighted by atomic mass is 10.2. The second-order valence-corrected chi connectivity index (χ2v) is 6.18. The van der Waals surface area contributed by atoms with Crippen LogP contribution in [0, 0.1) is 10.1 Å². The van der Waals surface area contributed by atoms with Gasteiger partial charge in [-0.1, -0.05) is 38.3 Å². The van der Waals surface area contributed by atoms with E-state index in [1.165, 1.54) is 31.4 Å². The summed E-state index contributed by atoms with van der Waals surface area (Å²) in [5, 5.41) is 10.7. The topological polar surface area (TPSA) is 55.6 Å². The molecule has 0 atom stereocenters. The van der Waals surface area contributed by atoms with Crippen molar-refractivity contribution in [1.82, 2.24) is 0 Å². The first-order valence-corrected chi connectivity index (χ1v) is 8.98.